The van der Waals surface area contributed by atoms with Crippen molar-refractivity contribution in [2.75, 3.05) is 0 Å². The Morgan fingerprint density at radius 3 is 2.04 bits per heavy atom. The van der Waals surface area contributed by atoms with E-state index in [9.17, 15) is 28.8 Å². The number of carbonyl (C=O) groups excluding carboxylic acids is 6. The van der Waals surface area contributed by atoms with Crippen LogP contribution in [0.1, 0.15) is 53.9 Å². The molecule has 11 heteroatoms. The van der Waals surface area contributed by atoms with Gasteiger partial charge in [-0.05, 0) is 34.6 Å². The number of esters is 1. The molecule has 28 heavy (non-hydrogen) atoms. The van der Waals surface area contributed by atoms with Crippen molar-refractivity contribution in [1.29, 1.82) is 0 Å². The summed E-state index contributed by atoms with van der Waals surface area (Å²) in [6.45, 7) is 7.14. The predicted molar refractivity (Wildman–Crippen MR) is 89.1 cm³/mol. The number of hydrogen-bond donors (Lipinski definition) is 0. The minimum atomic E-state index is -1.81. The molecule has 0 N–H and O–H groups in total. The highest BCUT2D eigenvalue weighted by Crippen LogP contribution is 2.16. The van der Waals surface area contributed by atoms with Crippen LogP contribution in [0.25, 0.3) is 0 Å². The lowest BCUT2D eigenvalue weighted by atomic mass is 10.2. The molecule has 1 aliphatic heterocycles. The van der Waals surface area contributed by atoms with Gasteiger partial charge in [-0.2, -0.15) is 0 Å². The van der Waals surface area contributed by atoms with Gasteiger partial charge in [-0.3, -0.25) is 14.4 Å². The normalized spacial score (nSPS) is 16.2. The second-order valence-electron chi connectivity index (χ2n) is 7.01. The third-order valence-electron chi connectivity index (χ3n) is 3.31. The standard InChI is InChI=1S/C17H23NO10/c1-9(19)10(2)25-15(23)11(26-16(24)27-17(3,4)5)8-14(22)28-18-12(20)6-7-13(18)21/h10-11H,6-8H2,1-5H3/t10-,11-/m0/s1. The van der Waals surface area contributed by atoms with E-state index in [1.807, 2.05) is 0 Å². The quantitative estimate of drug-likeness (QED) is 0.444. The molecule has 1 heterocycles. The lowest BCUT2D eigenvalue weighted by molar-refractivity contribution is -0.200. The van der Waals surface area contributed by atoms with Crippen LogP contribution in [0.5, 0.6) is 0 Å². The molecule has 1 aliphatic rings. The minimum Gasteiger partial charge on any atom is -0.452 e. The Morgan fingerprint density at radius 2 is 1.57 bits per heavy atom. The Labute approximate surface area is 161 Å². The number of hydroxylamine groups is 2. The Kier molecular flexibility index (Phi) is 7.65. The molecule has 156 valence electrons. The van der Waals surface area contributed by atoms with Gasteiger partial charge in [0.2, 0.25) is 6.10 Å². The summed E-state index contributed by atoms with van der Waals surface area (Å²) in [4.78, 5) is 74.9. The number of Topliss-reactive ketones (excluding diaryl/α,β-unsaturated/α-hetero) is 1. The van der Waals surface area contributed by atoms with Crippen molar-refractivity contribution >= 4 is 35.7 Å². The maximum atomic E-state index is 12.2. The summed E-state index contributed by atoms with van der Waals surface area (Å²) in [6.07, 6.45) is -5.29. The van der Waals surface area contributed by atoms with Gasteiger partial charge in [0.15, 0.2) is 11.9 Å². The molecule has 0 aromatic rings. The van der Waals surface area contributed by atoms with Crippen LogP contribution in [0.2, 0.25) is 0 Å². The lowest BCUT2D eigenvalue weighted by Crippen LogP contribution is -2.39. The molecular formula is C17H23NO10. The third-order valence-corrected chi connectivity index (χ3v) is 3.31. The smallest absolute Gasteiger partial charge is 0.452 e. The molecule has 0 saturated carbocycles. The molecule has 2 amide bonds. The van der Waals surface area contributed by atoms with Gasteiger partial charge in [0, 0.05) is 12.8 Å². The van der Waals surface area contributed by atoms with Gasteiger partial charge in [0.05, 0.1) is 6.42 Å². The molecule has 1 rings (SSSR count). The van der Waals surface area contributed by atoms with Crippen LogP contribution in [0.15, 0.2) is 0 Å². The highest BCUT2D eigenvalue weighted by atomic mass is 16.7. The molecule has 0 bridgehead atoms. The fourth-order valence-corrected chi connectivity index (χ4v) is 1.84. The summed E-state index contributed by atoms with van der Waals surface area (Å²) in [7, 11) is 0. The Morgan fingerprint density at radius 1 is 1.04 bits per heavy atom. The zero-order valence-corrected chi connectivity index (χ0v) is 16.3. The second kappa shape index (κ2) is 9.29. The van der Waals surface area contributed by atoms with Gasteiger partial charge < -0.3 is 19.0 Å². The lowest BCUT2D eigenvalue weighted by Gasteiger charge is -2.22. The molecular weight excluding hydrogens is 378 g/mol. The van der Waals surface area contributed by atoms with Crippen LogP contribution in [-0.2, 0) is 43.0 Å². The van der Waals surface area contributed by atoms with Crippen molar-refractivity contribution in [3.05, 3.63) is 0 Å². The first-order valence-electron chi connectivity index (χ1n) is 8.47. The van der Waals surface area contributed by atoms with Crippen molar-refractivity contribution in [3.8, 4) is 0 Å². The molecule has 2 atom stereocenters. The van der Waals surface area contributed by atoms with Gasteiger partial charge in [0.25, 0.3) is 11.8 Å². The zero-order valence-electron chi connectivity index (χ0n) is 16.3. The predicted octanol–water partition coefficient (Wildman–Crippen LogP) is 0.825. The maximum Gasteiger partial charge on any atom is 0.509 e. The van der Waals surface area contributed by atoms with Crippen molar-refractivity contribution < 1.29 is 47.8 Å². The van der Waals surface area contributed by atoms with Gasteiger partial charge in [-0.15, -0.1) is 5.06 Å². The molecule has 1 saturated heterocycles. The van der Waals surface area contributed by atoms with E-state index in [0.29, 0.717) is 0 Å². The van der Waals surface area contributed by atoms with Crippen LogP contribution < -0.4 is 0 Å². The largest absolute Gasteiger partial charge is 0.509 e. The van der Waals surface area contributed by atoms with Crippen LogP contribution in [-0.4, -0.2) is 58.6 Å². The molecule has 11 nitrogen and oxygen atoms in total. The molecule has 1 fully saturated rings. The van der Waals surface area contributed by atoms with E-state index >= 15 is 0 Å². The topological polar surface area (TPSA) is 143 Å². The molecule has 0 aliphatic carbocycles. The van der Waals surface area contributed by atoms with Gasteiger partial charge in [-0.1, -0.05) is 0 Å². The highest BCUT2D eigenvalue weighted by Gasteiger charge is 2.36. The summed E-state index contributed by atoms with van der Waals surface area (Å²) < 4.78 is 14.6. The van der Waals surface area contributed by atoms with Gasteiger partial charge >= 0.3 is 18.1 Å². The van der Waals surface area contributed by atoms with Gasteiger partial charge in [0.1, 0.15) is 5.60 Å². The SMILES string of the molecule is CC(=O)[C@H](C)OC(=O)[C@H](CC(=O)ON1C(=O)CCC1=O)OC(=O)OC(C)(C)C. The number of nitrogens with zero attached hydrogens (tertiary/aromatic N) is 1. The van der Waals surface area contributed by atoms with Crippen molar-refractivity contribution in [2.45, 2.75) is 71.7 Å². The molecule has 0 aromatic carbocycles. The van der Waals surface area contributed by atoms with Crippen LogP contribution in [0.3, 0.4) is 0 Å². The second-order valence-corrected chi connectivity index (χ2v) is 7.01. The van der Waals surface area contributed by atoms with E-state index in [-0.39, 0.29) is 17.9 Å². The average Bonchev–Trinajstić information content (AvgIpc) is 2.84. The van der Waals surface area contributed by atoms with Crippen LogP contribution in [0.4, 0.5) is 4.79 Å². The Hall–Kier alpha value is -2.98. The number of carbonyl (C=O) groups is 6. The van der Waals surface area contributed by atoms with Gasteiger partial charge in [-0.25, -0.2) is 14.4 Å². The first kappa shape index (κ1) is 23.1. The summed E-state index contributed by atoms with van der Waals surface area (Å²) in [5, 5.41) is 0.288. The van der Waals surface area contributed by atoms with Crippen molar-refractivity contribution in [3.63, 3.8) is 0 Å². The molecule has 0 spiro atoms. The van der Waals surface area contributed by atoms with Crippen molar-refractivity contribution in [2.24, 2.45) is 0 Å². The first-order valence-corrected chi connectivity index (χ1v) is 8.47. The van der Waals surface area contributed by atoms with Crippen molar-refractivity contribution in [1.82, 2.24) is 5.06 Å². The first-order chi connectivity index (χ1) is 12.8. The molecule has 0 unspecified atom stereocenters. The fraction of sp³-hybridized carbons (Fsp3) is 0.647. The number of rotatable bonds is 7. The fourth-order valence-electron chi connectivity index (χ4n) is 1.84. The minimum absolute atomic E-state index is 0.109. The third kappa shape index (κ3) is 7.33. The average molecular weight is 401 g/mol. The number of amides is 2. The monoisotopic (exact) mass is 401 g/mol. The zero-order chi connectivity index (χ0) is 21.6. The van der Waals surface area contributed by atoms with E-state index in [1.54, 1.807) is 20.8 Å². The summed E-state index contributed by atoms with van der Waals surface area (Å²) in [6, 6.07) is 0. The summed E-state index contributed by atoms with van der Waals surface area (Å²) in [5.74, 6) is -4.28. The maximum absolute atomic E-state index is 12.2. The van der Waals surface area contributed by atoms with Crippen LogP contribution >= 0.6 is 0 Å². The summed E-state index contributed by atoms with van der Waals surface area (Å²) >= 11 is 0. The summed E-state index contributed by atoms with van der Waals surface area (Å²) in [5.41, 5.74) is -0.937. The number of hydrogen-bond acceptors (Lipinski definition) is 10. The van der Waals surface area contributed by atoms with E-state index in [1.165, 1.54) is 13.8 Å². The number of imide groups is 1. The highest BCUT2D eigenvalue weighted by molar-refractivity contribution is 6.01. The number of ether oxygens (including phenoxy) is 3. The van der Waals surface area contributed by atoms with E-state index in [2.05, 4.69) is 4.84 Å². The molecule has 0 aromatic heterocycles. The van der Waals surface area contributed by atoms with E-state index < -0.39 is 59.9 Å². The number of ketones is 1. The van der Waals surface area contributed by atoms with Crippen LogP contribution in [0, 0.1) is 0 Å². The Balaban J connectivity index is 2.83. The van der Waals surface area contributed by atoms with E-state index in [0.717, 1.165) is 0 Å². The van der Waals surface area contributed by atoms with E-state index in [4.69, 9.17) is 14.2 Å². The molecule has 0 radical (unpaired) electrons. The Bertz CT molecular complexity index is 662.